The lowest BCUT2D eigenvalue weighted by molar-refractivity contribution is 0.0827. The summed E-state index contributed by atoms with van der Waals surface area (Å²) in [7, 11) is 5.22. The van der Waals surface area contributed by atoms with E-state index in [1.54, 1.807) is 26.0 Å². The fourth-order valence-electron chi connectivity index (χ4n) is 3.01. The van der Waals surface area contributed by atoms with Gasteiger partial charge in [0.05, 0.1) is 0 Å². The van der Waals surface area contributed by atoms with Crippen LogP contribution in [0.4, 0.5) is 0 Å². The van der Waals surface area contributed by atoms with Crippen molar-refractivity contribution in [3.8, 4) is 0 Å². The van der Waals surface area contributed by atoms with Crippen molar-refractivity contribution < 1.29 is 9.59 Å². The molecule has 0 aliphatic rings. The Kier molecular flexibility index (Phi) is 9.55. The van der Waals surface area contributed by atoms with Gasteiger partial charge in [0.1, 0.15) is 0 Å². The van der Waals surface area contributed by atoms with Crippen molar-refractivity contribution in [3.05, 3.63) is 70.8 Å². The van der Waals surface area contributed by atoms with E-state index >= 15 is 0 Å². The summed E-state index contributed by atoms with van der Waals surface area (Å²) in [4.78, 5) is 30.1. The van der Waals surface area contributed by atoms with Crippen LogP contribution in [0.25, 0.3) is 0 Å². The lowest BCUT2D eigenvalue weighted by atomic mass is 10.1. The molecule has 0 atom stereocenters. The molecule has 0 unspecified atom stereocenters. The molecular formula is C24H33N5O2. The number of benzene rings is 2. The summed E-state index contributed by atoms with van der Waals surface area (Å²) in [6, 6.07) is 15.2. The van der Waals surface area contributed by atoms with Gasteiger partial charge in [0.2, 0.25) is 0 Å². The van der Waals surface area contributed by atoms with Gasteiger partial charge in [0.15, 0.2) is 5.96 Å². The molecule has 0 heterocycles. The Bertz CT molecular complexity index is 908. The molecule has 0 aromatic heterocycles. The predicted molar refractivity (Wildman–Crippen MR) is 125 cm³/mol. The average molecular weight is 424 g/mol. The van der Waals surface area contributed by atoms with Gasteiger partial charge in [-0.1, -0.05) is 31.2 Å². The number of nitrogens with one attached hydrogen (secondary N) is 3. The highest BCUT2D eigenvalue weighted by Crippen LogP contribution is 2.08. The van der Waals surface area contributed by atoms with Gasteiger partial charge in [-0.2, -0.15) is 0 Å². The zero-order valence-electron chi connectivity index (χ0n) is 18.9. The van der Waals surface area contributed by atoms with E-state index < -0.39 is 0 Å². The lowest BCUT2D eigenvalue weighted by Gasteiger charge is -2.13. The number of carbonyl (C=O) groups is 2. The first-order chi connectivity index (χ1) is 14.9. The van der Waals surface area contributed by atoms with Crippen molar-refractivity contribution in [2.75, 3.05) is 34.2 Å². The second kappa shape index (κ2) is 12.4. The minimum atomic E-state index is -0.0545. The summed E-state index contributed by atoms with van der Waals surface area (Å²) in [5.74, 6) is 0.625. The smallest absolute Gasteiger partial charge is 0.253 e. The SMILES string of the molecule is CCCNC(=O)c1cccc(CNC(=NC)NCCc2cccc(C(=O)N(C)C)c2)c1. The van der Waals surface area contributed by atoms with E-state index in [4.69, 9.17) is 0 Å². The second-order valence-corrected chi connectivity index (χ2v) is 7.46. The maximum Gasteiger partial charge on any atom is 0.253 e. The van der Waals surface area contributed by atoms with Gasteiger partial charge in [0.25, 0.3) is 11.8 Å². The van der Waals surface area contributed by atoms with Crippen molar-refractivity contribution in [2.45, 2.75) is 26.3 Å². The Morgan fingerprint density at radius 3 is 2.26 bits per heavy atom. The molecule has 2 rings (SSSR count). The topological polar surface area (TPSA) is 85.8 Å². The third kappa shape index (κ3) is 7.77. The van der Waals surface area contributed by atoms with Crippen LogP contribution in [0.15, 0.2) is 53.5 Å². The fourth-order valence-corrected chi connectivity index (χ4v) is 3.01. The Labute approximate surface area is 184 Å². The van der Waals surface area contributed by atoms with Gasteiger partial charge in [-0.25, -0.2) is 0 Å². The molecule has 3 N–H and O–H groups in total. The number of hydrogen-bond donors (Lipinski definition) is 3. The molecule has 0 aliphatic heterocycles. The number of amides is 2. The first-order valence-electron chi connectivity index (χ1n) is 10.6. The van der Waals surface area contributed by atoms with E-state index in [2.05, 4.69) is 20.9 Å². The van der Waals surface area contributed by atoms with Crippen molar-refractivity contribution in [1.82, 2.24) is 20.9 Å². The first kappa shape index (κ1) is 23.9. The van der Waals surface area contributed by atoms with Crippen LogP contribution in [0.5, 0.6) is 0 Å². The Morgan fingerprint density at radius 2 is 1.58 bits per heavy atom. The molecule has 2 amide bonds. The van der Waals surface area contributed by atoms with Crippen LogP contribution in [0.3, 0.4) is 0 Å². The summed E-state index contributed by atoms with van der Waals surface area (Å²) < 4.78 is 0. The number of guanidine groups is 1. The molecule has 0 radical (unpaired) electrons. The monoisotopic (exact) mass is 423 g/mol. The standard InChI is InChI=1S/C24H33N5O2/c1-5-13-26-22(30)20-10-7-9-19(16-20)17-28-24(25-2)27-14-12-18-8-6-11-21(15-18)23(31)29(3)4/h6-11,15-16H,5,12-14,17H2,1-4H3,(H,26,30)(H2,25,27,28). The van der Waals surface area contributed by atoms with Crippen molar-refractivity contribution >= 4 is 17.8 Å². The van der Waals surface area contributed by atoms with Crippen LogP contribution in [-0.4, -0.2) is 56.9 Å². The van der Waals surface area contributed by atoms with Crippen molar-refractivity contribution in [2.24, 2.45) is 4.99 Å². The molecule has 7 heteroatoms. The summed E-state index contributed by atoms with van der Waals surface area (Å²) in [5.41, 5.74) is 3.43. The molecule has 7 nitrogen and oxygen atoms in total. The molecule has 2 aromatic carbocycles. The Hall–Kier alpha value is -3.35. The third-order valence-corrected chi connectivity index (χ3v) is 4.69. The average Bonchev–Trinajstić information content (AvgIpc) is 2.79. The molecule has 0 aliphatic carbocycles. The molecule has 2 aromatic rings. The van der Waals surface area contributed by atoms with E-state index in [-0.39, 0.29) is 11.8 Å². The van der Waals surface area contributed by atoms with E-state index in [1.807, 2.05) is 55.5 Å². The van der Waals surface area contributed by atoms with Crippen molar-refractivity contribution in [3.63, 3.8) is 0 Å². The lowest BCUT2D eigenvalue weighted by Crippen LogP contribution is -2.37. The Morgan fingerprint density at radius 1 is 0.903 bits per heavy atom. The normalized spacial score (nSPS) is 11.0. The molecule has 0 bridgehead atoms. The van der Waals surface area contributed by atoms with Gasteiger partial charge in [-0.15, -0.1) is 0 Å². The fraction of sp³-hybridized carbons (Fsp3) is 0.375. The highest BCUT2D eigenvalue weighted by molar-refractivity contribution is 5.94. The minimum absolute atomic E-state index is 0.00195. The predicted octanol–water partition coefficient (Wildman–Crippen LogP) is 2.44. The third-order valence-electron chi connectivity index (χ3n) is 4.69. The summed E-state index contributed by atoms with van der Waals surface area (Å²) in [6.45, 7) is 3.93. The van der Waals surface area contributed by atoms with E-state index in [1.165, 1.54) is 0 Å². The highest BCUT2D eigenvalue weighted by atomic mass is 16.2. The van der Waals surface area contributed by atoms with Gasteiger partial charge in [0, 0.05) is 51.9 Å². The summed E-state index contributed by atoms with van der Waals surface area (Å²) >= 11 is 0. The highest BCUT2D eigenvalue weighted by Gasteiger charge is 2.08. The molecular weight excluding hydrogens is 390 g/mol. The van der Waals surface area contributed by atoms with E-state index in [0.29, 0.717) is 36.7 Å². The van der Waals surface area contributed by atoms with E-state index in [9.17, 15) is 9.59 Å². The van der Waals surface area contributed by atoms with Crippen molar-refractivity contribution in [1.29, 1.82) is 0 Å². The molecule has 0 fully saturated rings. The molecule has 0 saturated carbocycles. The van der Waals surface area contributed by atoms with Gasteiger partial charge in [-0.05, 0) is 48.2 Å². The van der Waals surface area contributed by atoms with Crippen LogP contribution in [-0.2, 0) is 13.0 Å². The van der Waals surface area contributed by atoms with Crippen LogP contribution in [0.1, 0.15) is 45.2 Å². The molecule has 31 heavy (non-hydrogen) atoms. The number of carbonyl (C=O) groups excluding carboxylic acids is 2. The minimum Gasteiger partial charge on any atom is -0.356 e. The van der Waals surface area contributed by atoms with E-state index in [0.717, 1.165) is 24.0 Å². The summed E-state index contributed by atoms with van der Waals surface area (Å²) in [5, 5.41) is 9.45. The summed E-state index contributed by atoms with van der Waals surface area (Å²) in [6.07, 6.45) is 1.67. The van der Waals surface area contributed by atoms with Crippen LogP contribution in [0.2, 0.25) is 0 Å². The maximum absolute atomic E-state index is 12.1. The zero-order chi connectivity index (χ0) is 22.6. The quantitative estimate of drug-likeness (QED) is 0.427. The maximum atomic E-state index is 12.1. The number of rotatable bonds is 9. The number of aliphatic imine (C=N–C) groups is 1. The van der Waals surface area contributed by atoms with Gasteiger partial charge < -0.3 is 20.9 Å². The number of hydrogen-bond acceptors (Lipinski definition) is 3. The van der Waals surface area contributed by atoms with Crippen LogP contribution in [0, 0.1) is 0 Å². The second-order valence-electron chi connectivity index (χ2n) is 7.46. The first-order valence-corrected chi connectivity index (χ1v) is 10.6. The van der Waals surface area contributed by atoms with Gasteiger partial charge >= 0.3 is 0 Å². The zero-order valence-corrected chi connectivity index (χ0v) is 18.9. The molecule has 166 valence electrons. The van der Waals surface area contributed by atoms with Crippen LogP contribution < -0.4 is 16.0 Å². The molecule has 0 saturated heterocycles. The largest absolute Gasteiger partial charge is 0.356 e. The molecule has 0 spiro atoms. The Balaban J connectivity index is 1.85. The van der Waals surface area contributed by atoms with Gasteiger partial charge in [-0.3, -0.25) is 14.6 Å². The number of nitrogens with zero attached hydrogens (tertiary/aromatic N) is 2. The van der Waals surface area contributed by atoms with Crippen LogP contribution >= 0.6 is 0 Å².